The fraction of sp³-hybridized carbons (Fsp3) is 0.167. The summed E-state index contributed by atoms with van der Waals surface area (Å²) in [7, 11) is 0. The van der Waals surface area contributed by atoms with Gasteiger partial charge < -0.3 is 5.32 Å². The number of thioether (sulfide) groups is 1. The number of carbonyl (C=O) groups is 2. The molecule has 8 heteroatoms. The van der Waals surface area contributed by atoms with E-state index in [1.165, 1.54) is 24.3 Å². The predicted molar refractivity (Wildman–Crippen MR) is 126 cm³/mol. The number of hydrogen-bond donors (Lipinski definition) is 1. The molecule has 1 atom stereocenters. The lowest BCUT2D eigenvalue weighted by molar-refractivity contribution is -0.384. The van der Waals surface area contributed by atoms with Crippen LogP contribution in [0.25, 0.3) is 0 Å². The van der Waals surface area contributed by atoms with Crippen molar-refractivity contribution in [1.82, 2.24) is 0 Å². The van der Waals surface area contributed by atoms with Crippen LogP contribution in [0, 0.1) is 10.1 Å². The van der Waals surface area contributed by atoms with Crippen molar-refractivity contribution in [3.05, 3.63) is 99.6 Å². The number of nitrogens with zero attached hydrogens (tertiary/aromatic N) is 2. The predicted octanol–water partition coefficient (Wildman–Crippen LogP) is 5.19. The number of anilines is 2. The van der Waals surface area contributed by atoms with E-state index in [1.807, 2.05) is 41.3 Å². The molecule has 2 amide bonds. The van der Waals surface area contributed by atoms with Gasteiger partial charge >= 0.3 is 0 Å². The van der Waals surface area contributed by atoms with E-state index in [0.717, 1.165) is 23.2 Å². The number of non-ortho nitro benzene ring substituents is 1. The number of rotatable bonds is 6. The monoisotopic (exact) mass is 447 g/mol. The van der Waals surface area contributed by atoms with Crippen LogP contribution in [-0.2, 0) is 11.2 Å². The number of benzene rings is 3. The molecular weight excluding hydrogens is 426 g/mol. The van der Waals surface area contributed by atoms with Crippen LogP contribution < -0.4 is 10.2 Å². The first-order chi connectivity index (χ1) is 15.5. The molecule has 0 spiro atoms. The molecule has 32 heavy (non-hydrogen) atoms. The highest BCUT2D eigenvalue weighted by Gasteiger charge is 2.34. The van der Waals surface area contributed by atoms with E-state index in [1.54, 1.807) is 23.9 Å². The van der Waals surface area contributed by atoms with Gasteiger partial charge in [0.05, 0.1) is 10.7 Å². The Morgan fingerprint density at radius 2 is 1.78 bits per heavy atom. The first-order valence-corrected chi connectivity index (χ1v) is 11.2. The number of aryl methyl sites for hydroxylation is 1. The summed E-state index contributed by atoms with van der Waals surface area (Å²) in [5, 5.41) is 13.4. The molecule has 3 aromatic carbocycles. The molecule has 0 radical (unpaired) electrons. The zero-order valence-corrected chi connectivity index (χ0v) is 18.2. The van der Waals surface area contributed by atoms with Gasteiger partial charge in [-0.15, -0.1) is 11.8 Å². The van der Waals surface area contributed by atoms with E-state index < -0.39 is 4.92 Å². The van der Waals surface area contributed by atoms with Gasteiger partial charge in [0.15, 0.2) is 0 Å². The molecule has 1 saturated heterocycles. The summed E-state index contributed by atoms with van der Waals surface area (Å²) >= 11 is 1.58. The second kappa shape index (κ2) is 9.23. The van der Waals surface area contributed by atoms with Gasteiger partial charge in [-0.3, -0.25) is 24.6 Å². The van der Waals surface area contributed by atoms with Crippen molar-refractivity contribution in [2.24, 2.45) is 0 Å². The molecule has 1 heterocycles. The summed E-state index contributed by atoms with van der Waals surface area (Å²) in [6, 6.07) is 20.8. The Bertz CT molecular complexity index is 1160. The molecule has 0 saturated carbocycles. The molecule has 1 N–H and O–H groups in total. The Hall–Kier alpha value is -3.65. The standard InChI is InChI=1S/C24H21N3O4S/c1-2-16-5-3-4-6-21(16)26-22(28)15-32-24(26)18-7-11-19(12-8-18)25-23(29)17-9-13-20(14-10-17)27(30)31/h3-14,24H,2,15H2,1H3,(H,25,29). The van der Waals surface area contributed by atoms with Crippen molar-refractivity contribution >= 4 is 40.6 Å². The molecule has 0 bridgehead atoms. The fourth-order valence-electron chi connectivity index (χ4n) is 3.64. The maximum atomic E-state index is 12.7. The van der Waals surface area contributed by atoms with Crippen LogP contribution in [0.1, 0.15) is 33.8 Å². The molecule has 0 aromatic heterocycles. The van der Waals surface area contributed by atoms with Gasteiger partial charge in [-0.2, -0.15) is 0 Å². The Balaban J connectivity index is 1.51. The second-order valence-corrected chi connectivity index (χ2v) is 8.36. The van der Waals surface area contributed by atoms with Gasteiger partial charge in [-0.05, 0) is 47.9 Å². The third-order valence-corrected chi connectivity index (χ3v) is 6.51. The second-order valence-electron chi connectivity index (χ2n) is 7.29. The molecule has 1 aliphatic heterocycles. The molecule has 0 aliphatic carbocycles. The lowest BCUT2D eigenvalue weighted by Crippen LogP contribution is -2.28. The van der Waals surface area contributed by atoms with Crippen molar-refractivity contribution in [3.63, 3.8) is 0 Å². The van der Waals surface area contributed by atoms with Crippen LogP contribution in [-0.4, -0.2) is 22.5 Å². The van der Waals surface area contributed by atoms with E-state index in [0.29, 0.717) is 17.0 Å². The van der Waals surface area contributed by atoms with Gasteiger partial charge in [-0.25, -0.2) is 0 Å². The minimum Gasteiger partial charge on any atom is -0.322 e. The number of nitro benzene ring substituents is 1. The zero-order valence-electron chi connectivity index (χ0n) is 17.4. The summed E-state index contributed by atoms with van der Waals surface area (Å²) in [4.78, 5) is 37.2. The summed E-state index contributed by atoms with van der Waals surface area (Å²) in [5.41, 5.74) is 3.90. The molecule has 1 aliphatic rings. The molecule has 4 rings (SSSR count). The summed E-state index contributed by atoms with van der Waals surface area (Å²) in [6.07, 6.45) is 0.838. The largest absolute Gasteiger partial charge is 0.322 e. The van der Waals surface area contributed by atoms with Gasteiger partial charge in [0.1, 0.15) is 5.37 Å². The van der Waals surface area contributed by atoms with Crippen LogP contribution in [0.5, 0.6) is 0 Å². The minimum absolute atomic E-state index is 0.0660. The first kappa shape index (κ1) is 21.6. The quantitative estimate of drug-likeness (QED) is 0.415. The zero-order chi connectivity index (χ0) is 22.7. The van der Waals surface area contributed by atoms with Crippen molar-refractivity contribution in [1.29, 1.82) is 0 Å². The molecular formula is C24H21N3O4S. The highest BCUT2D eigenvalue weighted by atomic mass is 32.2. The fourth-order valence-corrected chi connectivity index (χ4v) is 4.81. The molecule has 1 unspecified atom stereocenters. The van der Waals surface area contributed by atoms with E-state index in [-0.39, 0.29) is 22.9 Å². The van der Waals surface area contributed by atoms with Crippen molar-refractivity contribution < 1.29 is 14.5 Å². The number of nitro groups is 1. The summed E-state index contributed by atoms with van der Waals surface area (Å²) in [5.74, 6) is 0.148. The molecule has 1 fully saturated rings. The number of carbonyl (C=O) groups excluding carboxylic acids is 2. The third-order valence-electron chi connectivity index (χ3n) is 5.29. The van der Waals surface area contributed by atoms with Crippen LogP contribution in [0.3, 0.4) is 0 Å². The maximum absolute atomic E-state index is 12.7. The average Bonchev–Trinajstić information content (AvgIpc) is 3.20. The van der Waals surface area contributed by atoms with E-state index in [2.05, 4.69) is 12.2 Å². The lowest BCUT2D eigenvalue weighted by atomic mass is 10.1. The third kappa shape index (κ3) is 4.36. The smallest absolute Gasteiger partial charge is 0.269 e. The Morgan fingerprint density at radius 3 is 2.44 bits per heavy atom. The normalized spacial score (nSPS) is 15.6. The topological polar surface area (TPSA) is 92.6 Å². The molecule has 162 valence electrons. The summed E-state index contributed by atoms with van der Waals surface area (Å²) < 4.78 is 0. The van der Waals surface area contributed by atoms with Crippen molar-refractivity contribution in [3.8, 4) is 0 Å². The Morgan fingerprint density at radius 1 is 1.09 bits per heavy atom. The number of para-hydroxylation sites is 1. The number of nitrogens with one attached hydrogen (secondary N) is 1. The first-order valence-electron chi connectivity index (χ1n) is 10.1. The van der Waals surface area contributed by atoms with Gasteiger partial charge in [0.25, 0.3) is 11.6 Å². The Labute approximate surface area is 189 Å². The van der Waals surface area contributed by atoms with E-state index in [4.69, 9.17) is 0 Å². The van der Waals surface area contributed by atoms with Crippen LogP contribution >= 0.6 is 11.8 Å². The highest BCUT2D eigenvalue weighted by Crippen LogP contribution is 2.43. The minimum atomic E-state index is -0.506. The molecule has 3 aromatic rings. The lowest BCUT2D eigenvalue weighted by Gasteiger charge is -2.26. The summed E-state index contributed by atoms with van der Waals surface area (Å²) in [6.45, 7) is 2.07. The average molecular weight is 448 g/mol. The van der Waals surface area contributed by atoms with Gasteiger partial charge in [-0.1, -0.05) is 37.3 Å². The van der Waals surface area contributed by atoms with Crippen LogP contribution in [0.2, 0.25) is 0 Å². The Kier molecular flexibility index (Phi) is 6.23. The van der Waals surface area contributed by atoms with E-state index >= 15 is 0 Å². The van der Waals surface area contributed by atoms with Crippen LogP contribution in [0.15, 0.2) is 72.8 Å². The van der Waals surface area contributed by atoms with E-state index in [9.17, 15) is 19.7 Å². The van der Waals surface area contributed by atoms with Gasteiger partial charge in [0, 0.05) is 29.1 Å². The maximum Gasteiger partial charge on any atom is 0.269 e. The highest BCUT2D eigenvalue weighted by molar-refractivity contribution is 8.00. The van der Waals surface area contributed by atoms with Crippen LogP contribution in [0.4, 0.5) is 17.1 Å². The van der Waals surface area contributed by atoms with Crippen molar-refractivity contribution in [2.45, 2.75) is 18.7 Å². The van der Waals surface area contributed by atoms with Gasteiger partial charge in [0.2, 0.25) is 5.91 Å². The number of amides is 2. The van der Waals surface area contributed by atoms with Crippen molar-refractivity contribution in [2.75, 3.05) is 16.0 Å². The SMILES string of the molecule is CCc1ccccc1N1C(=O)CSC1c1ccc(NC(=O)c2ccc([N+](=O)[O-])cc2)cc1. The number of hydrogen-bond acceptors (Lipinski definition) is 5. The molecule has 7 nitrogen and oxygen atoms in total.